The third-order valence-corrected chi connectivity index (χ3v) is 3.00. The second-order valence-electron chi connectivity index (χ2n) is 4.42. The van der Waals surface area contributed by atoms with Gasteiger partial charge in [-0.05, 0) is 26.0 Å². The minimum absolute atomic E-state index is 0.450. The molecule has 3 nitrogen and oxygen atoms in total. The molecule has 0 aliphatic heterocycles. The molecule has 0 aliphatic rings. The smallest absolute Gasteiger partial charge is 0.327 e. The third-order valence-electron chi connectivity index (χ3n) is 3.00. The zero-order valence-corrected chi connectivity index (χ0v) is 10.8. The van der Waals surface area contributed by atoms with Crippen molar-refractivity contribution in [2.45, 2.75) is 32.6 Å². The van der Waals surface area contributed by atoms with Gasteiger partial charge in [-0.15, -0.1) is 0 Å². The Balaban J connectivity index is 2.28. The van der Waals surface area contributed by atoms with Gasteiger partial charge in [-0.25, -0.2) is 4.98 Å². The van der Waals surface area contributed by atoms with Crippen molar-refractivity contribution in [2.75, 3.05) is 6.54 Å². The fourth-order valence-corrected chi connectivity index (χ4v) is 2.12. The highest BCUT2D eigenvalue weighted by Gasteiger charge is 2.28. The number of nitrogens with one attached hydrogen (secondary N) is 1. The Morgan fingerprint density at radius 3 is 2.63 bits per heavy atom. The van der Waals surface area contributed by atoms with Crippen LogP contribution in [-0.2, 0) is 6.54 Å². The molecule has 1 N–H and O–H groups in total. The van der Waals surface area contributed by atoms with E-state index in [0.29, 0.717) is 12.4 Å². The van der Waals surface area contributed by atoms with E-state index >= 15 is 0 Å². The molecule has 1 aromatic carbocycles. The molecular weight excluding hydrogens is 255 g/mol. The second kappa shape index (κ2) is 5.21. The largest absolute Gasteiger partial charge is 0.401 e. The highest BCUT2D eigenvalue weighted by molar-refractivity contribution is 5.76. The van der Waals surface area contributed by atoms with Gasteiger partial charge in [0.1, 0.15) is 5.82 Å². The lowest BCUT2D eigenvalue weighted by Gasteiger charge is -2.16. The van der Waals surface area contributed by atoms with Gasteiger partial charge in [0.25, 0.3) is 0 Å². The maximum atomic E-state index is 12.2. The van der Waals surface area contributed by atoms with E-state index < -0.39 is 18.8 Å². The Bertz CT molecular complexity index is 560. The summed E-state index contributed by atoms with van der Waals surface area (Å²) in [7, 11) is 0. The van der Waals surface area contributed by atoms with Crippen molar-refractivity contribution >= 4 is 11.0 Å². The number of rotatable bonds is 4. The first-order valence-corrected chi connectivity index (χ1v) is 6.17. The van der Waals surface area contributed by atoms with Crippen LogP contribution >= 0.6 is 0 Å². The van der Waals surface area contributed by atoms with Crippen molar-refractivity contribution in [1.82, 2.24) is 14.9 Å². The summed E-state index contributed by atoms with van der Waals surface area (Å²) in [5.74, 6) is 0.632. The lowest BCUT2D eigenvalue weighted by molar-refractivity contribution is -0.126. The molecule has 0 fully saturated rings. The van der Waals surface area contributed by atoms with Crippen LogP contribution in [0.4, 0.5) is 13.2 Å². The summed E-state index contributed by atoms with van der Waals surface area (Å²) < 4.78 is 38.6. The van der Waals surface area contributed by atoms with E-state index in [4.69, 9.17) is 0 Å². The van der Waals surface area contributed by atoms with Crippen molar-refractivity contribution in [2.24, 2.45) is 0 Å². The highest BCUT2D eigenvalue weighted by Crippen LogP contribution is 2.21. The average Bonchev–Trinajstić information content (AvgIpc) is 2.73. The molecule has 1 aromatic heterocycles. The second-order valence-corrected chi connectivity index (χ2v) is 4.42. The fourth-order valence-electron chi connectivity index (χ4n) is 2.12. The molecule has 0 amide bonds. The number of hydrogen-bond acceptors (Lipinski definition) is 2. The van der Waals surface area contributed by atoms with E-state index in [1.807, 2.05) is 35.8 Å². The zero-order valence-electron chi connectivity index (χ0n) is 10.8. The van der Waals surface area contributed by atoms with Crippen LogP contribution in [0.25, 0.3) is 11.0 Å². The molecule has 0 aliphatic carbocycles. The van der Waals surface area contributed by atoms with Crippen LogP contribution < -0.4 is 5.32 Å². The van der Waals surface area contributed by atoms with E-state index in [1.165, 1.54) is 0 Å². The number of nitrogens with zero attached hydrogens (tertiary/aromatic N) is 2. The van der Waals surface area contributed by atoms with Gasteiger partial charge in [0.05, 0.1) is 23.6 Å². The van der Waals surface area contributed by atoms with Crippen molar-refractivity contribution in [3.05, 3.63) is 30.1 Å². The molecule has 0 spiro atoms. The molecule has 0 saturated carbocycles. The minimum atomic E-state index is -4.21. The van der Waals surface area contributed by atoms with Crippen LogP contribution in [0.1, 0.15) is 25.7 Å². The summed E-state index contributed by atoms with van der Waals surface area (Å²) in [6.45, 7) is 3.31. The predicted molar refractivity (Wildman–Crippen MR) is 67.9 cm³/mol. The fraction of sp³-hybridized carbons (Fsp3) is 0.462. The van der Waals surface area contributed by atoms with Crippen molar-refractivity contribution in [3.63, 3.8) is 0 Å². The molecule has 1 heterocycles. The van der Waals surface area contributed by atoms with Gasteiger partial charge >= 0.3 is 6.18 Å². The summed E-state index contributed by atoms with van der Waals surface area (Å²) in [6.07, 6.45) is -4.21. The summed E-state index contributed by atoms with van der Waals surface area (Å²) >= 11 is 0. The molecule has 104 valence electrons. The summed E-state index contributed by atoms with van der Waals surface area (Å²) in [6, 6.07) is 7.10. The molecule has 0 saturated heterocycles. The Labute approximate surface area is 109 Å². The van der Waals surface area contributed by atoms with E-state index in [-0.39, 0.29) is 0 Å². The Morgan fingerprint density at radius 2 is 2.00 bits per heavy atom. The van der Waals surface area contributed by atoms with E-state index in [1.54, 1.807) is 6.92 Å². The van der Waals surface area contributed by atoms with Crippen LogP contribution in [0.2, 0.25) is 0 Å². The van der Waals surface area contributed by atoms with Crippen LogP contribution in [0, 0.1) is 0 Å². The minimum Gasteiger partial charge on any atom is -0.327 e. The molecule has 6 heteroatoms. The standard InChI is InChI=1S/C13H16F3N3/c1-3-19-11-7-5-4-6-10(11)18-12(19)9(2)17-8-13(14,15)16/h4-7,9,17H,3,8H2,1-2H3. The number of hydrogen-bond donors (Lipinski definition) is 1. The van der Waals surface area contributed by atoms with E-state index in [0.717, 1.165) is 11.0 Å². The van der Waals surface area contributed by atoms with Gasteiger partial charge in [0.2, 0.25) is 0 Å². The molecule has 19 heavy (non-hydrogen) atoms. The summed E-state index contributed by atoms with van der Waals surface area (Å²) in [5.41, 5.74) is 1.75. The number of benzene rings is 1. The van der Waals surface area contributed by atoms with Gasteiger partial charge in [-0.2, -0.15) is 13.2 Å². The first-order chi connectivity index (χ1) is 8.92. The normalized spacial score (nSPS) is 13.9. The summed E-state index contributed by atoms with van der Waals surface area (Å²) in [4.78, 5) is 4.42. The van der Waals surface area contributed by atoms with Gasteiger partial charge in [0, 0.05) is 6.54 Å². The Kier molecular flexibility index (Phi) is 3.80. The molecule has 2 aromatic rings. The number of alkyl halides is 3. The Hall–Kier alpha value is -1.56. The lowest BCUT2D eigenvalue weighted by Crippen LogP contribution is -2.32. The number of aryl methyl sites for hydroxylation is 1. The Morgan fingerprint density at radius 1 is 1.32 bits per heavy atom. The monoisotopic (exact) mass is 271 g/mol. The molecular formula is C13H16F3N3. The van der Waals surface area contributed by atoms with Crippen LogP contribution in [0.3, 0.4) is 0 Å². The van der Waals surface area contributed by atoms with E-state index in [9.17, 15) is 13.2 Å². The predicted octanol–water partition coefficient (Wildman–Crippen LogP) is 3.27. The van der Waals surface area contributed by atoms with Gasteiger partial charge in [0.15, 0.2) is 0 Å². The topological polar surface area (TPSA) is 29.9 Å². The molecule has 0 bridgehead atoms. The third kappa shape index (κ3) is 3.07. The van der Waals surface area contributed by atoms with E-state index in [2.05, 4.69) is 10.3 Å². The van der Waals surface area contributed by atoms with Crippen molar-refractivity contribution in [1.29, 1.82) is 0 Å². The van der Waals surface area contributed by atoms with Gasteiger partial charge in [-0.1, -0.05) is 12.1 Å². The zero-order chi connectivity index (χ0) is 14.0. The van der Waals surface area contributed by atoms with Crippen molar-refractivity contribution in [3.8, 4) is 0 Å². The van der Waals surface area contributed by atoms with Gasteiger partial charge in [-0.3, -0.25) is 5.32 Å². The first kappa shape index (κ1) is 13.9. The first-order valence-electron chi connectivity index (χ1n) is 6.17. The number of halogens is 3. The molecule has 0 radical (unpaired) electrons. The number of fused-ring (bicyclic) bond motifs is 1. The number of para-hydroxylation sites is 2. The molecule has 2 rings (SSSR count). The SMILES string of the molecule is CCn1c(C(C)NCC(F)(F)F)nc2ccccc21. The van der Waals surface area contributed by atoms with Crippen LogP contribution in [0.5, 0.6) is 0 Å². The number of aromatic nitrogens is 2. The maximum absolute atomic E-state index is 12.2. The van der Waals surface area contributed by atoms with Gasteiger partial charge < -0.3 is 4.57 Å². The van der Waals surface area contributed by atoms with Crippen LogP contribution in [-0.4, -0.2) is 22.3 Å². The number of imidazole rings is 1. The molecule has 1 unspecified atom stereocenters. The maximum Gasteiger partial charge on any atom is 0.401 e. The quantitative estimate of drug-likeness (QED) is 0.925. The highest BCUT2D eigenvalue weighted by atomic mass is 19.4. The van der Waals surface area contributed by atoms with Crippen LogP contribution in [0.15, 0.2) is 24.3 Å². The lowest BCUT2D eigenvalue weighted by atomic mass is 10.3. The average molecular weight is 271 g/mol. The van der Waals surface area contributed by atoms with Crippen molar-refractivity contribution < 1.29 is 13.2 Å². The summed E-state index contributed by atoms with van der Waals surface area (Å²) in [5, 5.41) is 2.47. The molecule has 1 atom stereocenters.